The van der Waals surface area contributed by atoms with Gasteiger partial charge in [-0.25, -0.2) is 0 Å². The van der Waals surface area contributed by atoms with Gasteiger partial charge in [-0.1, -0.05) is 36.4 Å². The lowest BCUT2D eigenvalue weighted by Crippen LogP contribution is -2.29. The molecule has 0 bridgehead atoms. The van der Waals surface area contributed by atoms with E-state index in [9.17, 15) is 5.11 Å². The molecule has 2 atom stereocenters. The number of pyridine rings is 1. The monoisotopic (exact) mass is 412 g/mol. The number of thiocarbonyl (C=S) groups is 1. The van der Waals surface area contributed by atoms with Gasteiger partial charge >= 0.3 is 0 Å². The molecule has 1 aliphatic rings. The molecule has 0 spiro atoms. The highest BCUT2D eigenvalue weighted by Crippen LogP contribution is 2.44. The van der Waals surface area contributed by atoms with Gasteiger partial charge in [-0.05, 0) is 60.2 Å². The molecule has 0 radical (unpaired) electrons. The lowest BCUT2D eigenvalue weighted by atomic mass is 9.98. The largest absolute Gasteiger partial charge is 0.506 e. The van der Waals surface area contributed by atoms with Crippen molar-refractivity contribution in [2.24, 2.45) is 0 Å². The molecule has 2 aromatic carbocycles. The van der Waals surface area contributed by atoms with Gasteiger partial charge in [0.05, 0.1) is 23.5 Å². The Labute approximate surface area is 180 Å². The van der Waals surface area contributed by atoms with E-state index in [1.54, 1.807) is 12.3 Å². The number of anilines is 1. The smallest absolute Gasteiger partial charge is 0.174 e. The first-order valence-corrected chi connectivity index (χ1v) is 10.1. The maximum absolute atomic E-state index is 10.5. The van der Waals surface area contributed by atoms with E-state index in [1.165, 1.54) is 0 Å². The number of rotatable bonds is 4. The van der Waals surface area contributed by atoms with E-state index in [4.69, 9.17) is 12.2 Å². The number of phenols is 1. The number of nitrogens with zero attached hydrogens (tertiary/aromatic N) is 3. The molecule has 0 amide bonds. The van der Waals surface area contributed by atoms with Crippen molar-refractivity contribution in [3.8, 4) is 11.4 Å². The van der Waals surface area contributed by atoms with Gasteiger partial charge in [0.1, 0.15) is 5.75 Å². The van der Waals surface area contributed by atoms with E-state index in [2.05, 4.69) is 39.3 Å². The summed E-state index contributed by atoms with van der Waals surface area (Å²) in [7, 11) is 0. The fourth-order valence-electron chi connectivity index (χ4n) is 3.97. The normalized spacial score (nSPS) is 18.4. The van der Waals surface area contributed by atoms with Crippen LogP contribution in [0.25, 0.3) is 5.69 Å². The van der Waals surface area contributed by atoms with Gasteiger partial charge in [-0.15, -0.1) is 0 Å². The summed E-state index contributed by atoms with van der Waals surface area (Å²) < 4.78 is 2.09. The minimum Gasteiger partial charge on any atom is -0.506 e. The second-order valence-electron chi connectivity index (χ2n) is 7.17. The topological polar surface area (TPSA) is 53.3 Å². The quantitative estimate of drug-likeness (QED) is 0.474. The number of aromatic nitrogens is 2. The van der Waals surface area contributed by atoms with E-state index in [-0.39, 0.29) is 17.8 Å². The number of hydrogen-bond acceptors (Lipinski definition) is 3. The Balaban J connectivity index is 1.62. The second-order valence-corrected chi connectivity index (χ2v) is 7.56. The highest BCUT2D eigenvalue weighted by Gasteiger charge is 2.41. The third-order valence-electron chi connectivity index (χ3n) is 5.35. The molecule has 6 heteroatoms. The summed E-state index contributed by atoms with van der Waals surface area (Å²) >= 11 is 5.71. The van der Waals surface area contributed by atoms with Crippen molar-refractivity contribution in [1.29, 1.82) is 0 Å². The maximum atomic E-state index is 10.5. The molecule has 3 heterocycles. The summed E-state index contributed by atoms with van der Waals surface area (Å²) in [5, 5.41) is 14.5. The van der Waals surface area contributed by atoms with Crippen molar-refractivity contribution in [3.05, 3.63) is 109 Å². The zero-order valence-electron chi connectivity index (χ0n) is 16.1. The number of nitrogens with one attached hydrogen (secondary N) is 1. The maximum Gasteiger partial charge on any atom is 0.174 e. The average molecular weight is 413 g/mol. The van der Waals surface area contributed by atoms with Crippen molar-refractivity contribution in [3.63, 3.8) is 0 Å². The summed E-state index contributed by atoms with van der Waals surface area (Å²) in [6, 6.07) is 25.1. The Morgan fingerprint density at radius 3 is 2.43 bits per heavy atom. The molecule has 0 aliphatic carbocycles. The average Bonchev–Trinajstić information content (AvgIpc) is 3.40. The van der Waals surface area contributed by atoms with Crippen LogP contribution in [0.2, 0.25) is 0 Å². The first-order valence-electron chi connectivity index (χ1n) is 9.74. The third-order valence-corrected chi connectivity index (χ3v) is 5.67. The van der Waals surface area contributed by atoms with Crippen LogP contribution in [-0.4, -0.2) is 19.8 Å². The van der Waals surface area contributed by atoms with Crippen molar-refractivity contribution in [2.45, 2.75) is 12.1 Å². The highest BCUT2D eigenvalue weighted by molar-refractivity contribution is 7.80. The van der Waals surface area contributed by atoms with Gasteiger partial charge in [-0.3, -0.25) is 4.98 Å². The van der Waals surface area contributed by atoms with Crippen LogP contribution in [0.3, 0.4) is 0 Å². The van der Waals surface area contributed by atoms with Gasteiger partial charge in [0.25, 0.3) is 0 Å². The molecule has 2 N–H and O–H groups in total. The molecule has 1 fully saturated rings. The molecule has 4 aromatic rings. The van der Waals surface area contributed by atoms with Crippen molar-refractivity contribution >= 4 is 23.0 Å². The number of hydrogen-bond donors (Lipinski definition) is 2. The Morgan fingerprint density at radius 2 is 1.67 bits per heavy atom. The lowest BCUT2D eigenvalue weighted by molar-refractivity contribution is 0.473. The summed E-state index contributed by atoms with van der Waals surface area (Å²) in [6.45, 7) is 0. The van der Waals surface area contributed by atoms with Crippen LogP contribution in [0.4, 0.5) is 5.69 Å². The van der Waals surface area contributed by atoms with Crippen molar-refractivity contribution in [2.75, 3.05) is 4.90 Å². The van der Waals surface area contributed by atoms with E-state index in [0.29, 0.717) is 10.8 Å². The SMILES string of the molecule is Oc1ccccc1N1C(=S)N[C@@H](c2ccccn2)[C@H]1c1ccn(-c2ccccc2)c1. The van der Waals surface area contributed by atoms with Crippen LogP contribution in [0.1, 0.15) is 23.3 Å². The third kappa shape index (κ3) is 3.21. The molecule has 1 aliphatic heterocycles. The molecular formula is C24H20N4OS. The molecule has 2 aromatic heterocycles. The van der Waals surface area contributed by atoms with Gasteiger partial charge in [-0.2, -0.15) is 0 Å². The van der Waals surface area contributed by atoms with E-state index in [0.717, 1.165) is 16.9 Å². The van der Waals surface area contributed by atoms with E-state index >= 15 is 0 Å². The molecule has 0 saturated carbocycles. The first-order chi connectivity index (χ1) is 14.7. The summed E-state index contributed by atoms with van der Waals surface area (Å²) in [5.41, 5.74) is 3.73. The van der Waals surface area contributed by atoms with E-state index < -0.39 is 0 Å². The van der Waals surface area contributed by atoms with Crippen molar-refractivity contribution < 1.29 is 5.11 Å². The Morgan fingerprint density at radius 1 is 0.900 bits per heavy atom. The fourth-order valence-corrected chi connectivity index (χ4v) is 4.31. The molecular weight excluding hydrogens is 392 g/mol. The predicted molar refractivity (Wildman–Crippen MR) is 122 cm³/mol. The summed E-state index contributed by atoms with van der Waals surface area (Å²) in [6.07, 6.45) is 5.94. The number of benzene rings is 2. The zero-order valence-corrected chi connectivity index (χ0v) is 16.9. The molecule has 1 saturated heterocycles. The molecule has 148 valence electrons. The summed E-state index contributed by atoms with van der Waals surface area (Å²) in [4.78, 5) is 6.55. The Bertz CT molecular complexity index is 1180. The minimum atomic E-state index is -0.161. The molecule has 5 nitrogen and oxygen atoms in total. The van der Waals surface area contributed by atoms with Crippen LogP contribution < -0.4 is 10.2 Å². The van der Waals surface area contributed by atoms with Crippen LogP contribution in [0, 0.1) is 0 Å². The second kappa shape index (κ2) is 7.65. The Hall–Kier alpha value is -3.64. The number of phenolic OH excluding ortho intramolecular Hbond substituents is 1. The summed E-state index contributed by atoms with van der Waals surface area (Å²) in [5.74, 6) is 0.191. The fraction of sp³-hybridized carbons (Fsp3) is 0.0833. The van der Waals surface area contributed by atoms with Crippen LogP contribution in [-0.2, 0) is 0 Å². The van der Waals surface area contributed by atoms with Gasteiger partial charge in [0.15, 0.2) is 5.11 Å². The first kappa shape index (κ1) is 18.4. The molecule has 30 heavy (non-hydrogen) atoms. The predicted octanol–water partition coefficient (Wildman–Crippen LogP) is 4.76. The minimum absolute atomic E-state index is 0.148. The van der Waals surface area contributed by atoms with Gasteiger partial charge in [0.2, 0.25) is 0 Å². The Kier molecular flexibility index (Phi) is 4.69. The van der Waals surface area contributed by atoms with Crippen LogP contribution in [0.5, 0.6) is 5.75 Å². The van der Waals surface area contributed by atoms with Crippen molar-refractivity contribution in [1.82, 2.24) is 14.9 Å². The highest BCUT2D eigenvalue weighted by atomic mass is 32.1. The van der Waals surface area contributed by atoms with Crippen LogP contribution in [0.15, 0.2) is 97.5 Å². The number of aromatic hydroxyl groups is 1. The van der Waals surface area contributed by atoms with Gasteiger partial charge < -0.3 is 19.9 Å². The standard InChI is InChI=1S/C24H20N4OS/c29-21-12-5-4-11-20(21)28-23(22(26-24(28)30)19-10-6-7-14-25-19)17-13-15-27(16-17)18-8-2-1-3-9-18/h1-16,22-23,29H,(H,26,30)/t22-,23+/m0/s1. The number of para-hydroxylation sites is 3. The molecule has 5 rings (SSSR count). The molecule has 0 unspecified atom stereocenters. The lowest BCUT2D eigenvalue weighted by Gasteiger charge is -2.27. The van der Waals surface area contributed by atoms with Crippen LogP contribution >= 0.6 is 12.2 Å². The van der Waals surface area contributed by atoms with Gasteiger partial charge in [0, 0.05) is 24.3 Å². The van der Waals surface area contributed by atoms with E-state index in [1.807, 2.05) is 65.7 Å². The zero-order chi connectivity index (χ0) is 20.5.